The Morgan fingerprint density at radius 1 is 1.64 bits per heavy atom. The number of anilines is 1. The summed E-state index contributed by atoms with van der Waals surface area (Å²) in [6.07, 6.45) is 0. The Morgan fingerprint density at radius 3 is 2.71 bits per heavy atom. The minimum absolute atomic E-state index is 0.0284. The molecule has 0 saturated carbocycles. The molecule has 4 N–H and O–H groups in total. The van der Waals surface area contributed by atoms with Crippen LogP contribution in [-0.2, 0) is 4.79 Å². The van der Waals surface area contributed by atoms with Gasteiger partial charge in [0.05, 0.1) is 6.04 Å². The van der Waals surface area contributed by atoms with Crippen molar-refractivity contribution in [3.63, 3.8) is 0 Å². The van der Waals surface area contributed by atoms with Crippen LogP contribution in [0.25, 0.3) is 0 Å². The van der Waals surface area contributed by atoms with Gasteiger partial charge in [-0.1, -0.05) is 5.10 Å². The zero-order valence-corrected chi connectivity index (χ0v) is 8.10. The first-order valence-corrected chi connectivity index (χ1v) is 4.09. The van der Waals surface area contributed by atoms with Crippen molar-refractivity contribution in [2.45, 2.75) is 13.0 Å². The van der Waals surface area contributed by atoms with Gasteiger partial charge in [0.2, 0.25) is 11.8 Å². The molecule has 0 saturated heterocycles. The van der Waals surface area contributed by atoms with E-state index >= 15 is 0 Å². The van der Waals surface area contributed by atoms with Crippen molar-refractivity contribution in [2.24, 2.45) is 11.5 Å². The molecule has 0 spiro atoms. The molecule has 1 aromatic rings. The molecule has 7 nitrogen and oxygen atoms in total. The lowest BCUT2D eigenvalue weighted by Gasteiger charge is -2.10. The van der Waals surface area contributed by atoms with Crippen LogP contribution in [0.3, 0.4) is 0 Å². The summed E-state index contributed by atoms with van der Waals surface area (Å²) in [5.74, 6) is -0.135. The summed E-state index contributed by atoms with van der Waals surface area (Å²) in [5, 5.41) is 7.42. The number of amides is 1. The second kappa shape index (κ2) is 4.05. The van der Waals surface area contributed by atoms with Crippen LogP contribution in [0.1, 0.15) is 18.9 Å². The third-order valence-electron chi connectivity index (χ3n) is 1.54. The van der Waals surface area contributed by atoms with Gasteiger partial charge in [0.25, 0.3) is 0 Å². The van der Waals surface area contributed by atoms with E-state index in [4.69, 9.17) is 15.9 Å². The lowest BCUT2D eigenvalue weighted by atomic mass is 10.4. The van der Waals surface area contributed by atoms with Crippen LogP contribution in [0.4, 0.5) is 6.01 Å². The van der Waals surface area contributed by atoms with Gasteiger partial charge >= 0.3 is 6.01 Å². The highest BCUT2D eigenvalue weighted by Gasteiger charge is 2.14. The van der Waals surface area contributed by atoms with Gasteiger partial charge in [-0.2, -0.15) is 0 Å². The van der Waals surface area contributed by atoms with Crippen molar-refractivity contribution in [3.05, 3.63) is 5.89 Å². The number of nitrogens with two attached hydrogens (primary N) is 2. The highest BCUT2D eigenvalue weighted by Crippen LogP contribution is 2.13. The fourth-order valence-corrected chi connectivity index (χ4v) is 0.866. The first-order valence-electron chi connectivity index (χ1n) is 4.09. The van der Waals surface area contributed by atoms with E-state index in [0.29, 0.717) is 5.89 Å². The van der Waals surface area contributed by atoms with Crippen LogP contribution < -0.4 is 16.4 Å². The Labute approximate surface area is 81.1 Å². The van der Waals surface area contributed by atoms with Crippen molar-refractivity contribution >= 4 is 11.9 Å². The van der Waals surface area contributed by atoms with Gasteiger partial charge in [0.1, 0.15) is 6.54 Å². The smallest absolute Gasteiger partial charge is 0.318 e. The normalized spacial score (nSPS) is 12.5. The predicted octanol–water partition coefficient (Wildman–Crippen LogP) is -0.989. The number of primary amides is 1. The summed E-state index contributed by atoms with van der Waals surface area (Å²) in [6, 6.07) is -0.0886. The average molecular weight is 199 g/mol. The number of aromatic nitrogens is 2. The predicted molar refractivity (Wildman–Crippen MR) is 49.4 cm³/mol. The molecule has 1 heterocycles. The van der Waals surface area contributed by atoms with Gasteiger partial charge in [-0.25, -0.2) is 0 Å². The molecule has 14 heavy (non-hydrogen) atoms. The Morgan fingerprint density at radius 2 is 2.29 bits per heavy atom. The lowest BCUT2D eigenvalue weighted by Crippen LogP contribution is -2.30. The molecule has 0 fully saturated rings. The molecule has 78 valence electrons. The summed E-state index contributed by atoms with van der Waals surface area (Å²) >= 11 is 0. The topological polar surface area (TPSA) is 111 Å². The van der Waals surface area contributed by atoms with Gasteiger partial charge in [-0.15, -0.1) is 5.10 Å². The number of rotatable bonds is 4. The van der Waals surface area contributed by atoms with Gasteiger partial charge in [-0.3, -0.25) is 4.79 Å². The number of likely N-dealkylation sites (N-methyl/N-ethyl adjacent to an activating group) is 1. The standard InChI is InChI=1S/C7H13N5O2/c1-4(8)6-10-11-7(14-6)12(2)3-5(9)13/h4H,3,8H2,1-2H3,(H2,9,13). The summed E-state index contributed by atoms with van der Waals surface area (Å²) in [6.45, 7) is 1.76. The summed E-state index contributed by atoms with van der Waals surface area (Å²) < 4.78 is 5.18. The van der Waals surface area contributed by atoms with E-state index in [1.165, 1.54) is 4.90 Å². The molecular weight excluding hydrogens is 186 g/mol. The van der Waals surface area contributed by atoms with Crippen LogP contribution in [0.2, 0.25) is 0 Å². The van der Waals surface area contributed by atoms with Gasteiger partial charge in [0, 0.05) is 7.05 Å². The molecule has 0 aliphatic carbocycles. The molecule has 1 rings (SSSR count). The fraction of sp³-hybridized carbons (Fsp3) is 0.571. The largest absolute Gasteiger partial charge is 0.406 e. The number of hydrogen-bond donors (Lipinski definition) is 2. The summed E-state index contributed by atoms with van der Waals surface area (Å²) in [4.78, 5) is 12.0. The van der Waals surface area contributed by atoms with Crippen LogP contribution in [0.15, 0.2) is 4.42 Å². The Balaban J connectivity index is 2.71. The van der Waals surface area contributed by atoms with Crippen LogP contribution in [-0.4, -0.2) is 29.7 Å². The van der Waals surface area contributed by atoms with E-state index in [1.54, 1.807) is 14.0 Å². The van der Waals surface area contributed by atoms with E-state index in [1.807, 2.05) is 0 Å². The molecule has 1 unspecified atom stereocenters. The zero-order valence-electron chi connectivity index (χ0n) is 8.10. The van der Waals surface area contributed by atoms with Crippen molar-refractivity contribution in [3.8, 4) is 0 Å². The molecule has 0 aliphatic rings. The monoisotopic (exact) mass is 199 g/mol. The number of nitrogens with zero attached hydrogens (tertiary/aromatic N) is 3. The van der Waals surface area contributed by atoms with Crippen LogP contribution in [0.5, 0.6) is 0 Å². The van der Waals surface area contributed by atoms with Crippen molar-refractivity contribution in [1.29, 1.82) is 0 Å². The second-order valence-corrected chi connectivity index (χ2v) is 3.03. The highest BCUT2D eigenvalue weighted by molar-refractivity contribution is 5.78. The second-order valence-electron chi connectivity index (χ2n) is 3.03. The lowest BCUT2D eigenvalue weighted by molar-refractivity contribution is -0.116. The molecule has 0 bridgehead atoms. The SMILES string of the molecule is CC(N)c1nnc(N(C)CC(N)=O)o1. The fourth-order valence-electron chi connectivity index (χ4n) is 0.866. The quantitative estimate of drug-likeness (QED) is 0.644. The third-order valence-corrected chi connectivity index (χ3v) is 1.54. The van der Waals surface area contributed by atoms with Crippen molar-refractivity contribution in [1.82, 2.24) is 10.2 Å². The number of carbonyl (C=O) groups is 1. The van der Waals surface area contributed by atoms with Crippen LogP contribution >= 0.6 is 0 Å². The van der Waals surface area contributed by atoms with E-state index in [-0.39, 0.29) is 18.6 Å². The average Bonchev–Trinajstić information content (AvgIpc) is 2.50. The Hall–Kier alpha value is -1.63. The third kappa shape index (κ3) is 2.43. The molecule has 0 aromatic carbocycles. The van der Waals surface area contributed by atoms with Crippen LogP contribution in [0, 0.1) is 0 Å². The van der Waals surface area contributed by atoms with E-state index < -0.39 is 5.91 Å². The Bertz CT molecular complexity index is 322. The van der Waals surface area contributed by atoms with Crippen molar-refractivity contribution < 1.29 is 9.21 Å². The first-order chi connectivity index (χ1) is 6.50. The van der Waals surface area contributed by atoms with Crippen molar-refractivity contribution in [2.75, 3.05) is 18.5 Å². The highest BCUT2D eigenvalue weighted by atomic mass is 16.4. The zero-order chi connectivity index (χ0) is 10.7. The number of carbonyl (C=O) groups excluding carboxylic acids is 1. The molecule has 1 aromatic heterocycles. The van der Waals surface area contributed by atoms with Gasteiger partial charge in [-0.05, 0) is 6.92 Å². The maximum atomic E-state index is 10.6. The van der Waals surface area contributed by atoms with Gasteiger partial charge < -0.3 is 20.8 Å². The molecule has 7 heteroatoms. The van der Waals surface area contributed by atoms with E-state index in [0.717, 1.165) is 0 Å². The molecule has 0 aliphatic heterocycles. The maximum Gasteiger partial charge on any atom is 0.318 e. The molecule has 1 amide bonds. The van der Waals surface area contributed by atoms with E-state index in [9.17, 15) is 4.79 Å². The molecule has 0 radical (unpaired) electrons. The van der Waals surface area contributed by atoms with E-state index in [2.05, 4.69) is 10.2 Å². The van der Waals surface area contributed by atoms with Gasteiger partial charge in [0.15, 0.2) is 0 Å². The first kappa shape index (κ1) is 10.5. The molecular formula is C7H13N5O2. The summed E-state index contributed by atoms with van der Waals surface area (Å²) in [7, 11) is 1.63. The maximum absolute atomic E-state index is 10.6. The summed E-state index contributed by atoms with van der Waals surface area (Å²) in [5.41, 5.74) is 10.5. The number of hydrogen-bond acceptors (Lipinski definition) is 6. The minimum atomic E-state index is -0.465. The molecule has 1 atom stereocenters. The minimum Gasteiger partial charge on any atom is -0.406 e. The Kier molecular flexibility index (Phi) is 3.03.